The van der Waals surface area contributed by atoms with E-state index in [1.54, 1.807) is 62.4 Å². The molecular weight excluding hydrogens is 394 g/mol. The fourth-order valence-corrected chi connectivity index (χ4v) is 3.06. The number of ether oxygens (including phenoxy) is 1. The van der Waals surface area contributed by atoms with E-state index in [4.69, 9.17) is 16.3 Å². The van der Waals surface area contributed by atoms with Crippen LogP contribution in [0.1, 0.15) is 31.0 Å². The van der Waals surface area contributed by atoms with Crippen LogP contribution >= 0.6 is 11.6 Å². The van der Waals surface area contributed by atoms with E-state index in [1.807, 2.05) is 0 Å². The highest BCUT2D eigenvalue weighted by Gasteiger charge is 2.23. The van der Waals surface area contributed by atoms with Gasteiger partial charge in [0.25, 0.3) is 5.56 Å². The van der Waals surface area contributed by atoms with Crippen molar-refractivity contribution in [3.05, 3.63) is 75.2 Å². The fourth-order valence-electron chi connectivity index (χ4n) is 2.93. The minimum Gasteiger partial charge on any atom is -0.465 e. The molecule has 150 valence electrons. The predicted molar refractivity (Wildman–Crippen MR) is 111 cm³/mol. The molecule has 1 atom stereocenters. The molecule has 3 rings (SSSR count). The van der Waals surface area contributed by atoms with Gasteiger partial charge in [0.1, 0.15) is 0 Å². The first-order valence-corrected chi connectivity index (χ1v) is 9.51. The first-order chi connectivity index (χ1) is 13.9. The quantitative estimate of drug-likeness (QED) is 0.627. The van der Waals surface area contributed by atoms with Gasteiger partial charge in [0.15, 0.2) is 0 Å². The second-order valence-electron chi connectivity index (χ2n) is 6.46. The highest BCUT2D eigenvalue weighted by Crippen LogP contribution is 2.22. The lowest BCUT2D eigenvalue weighted by Gasteiger charge is -2.15. The second kappa shape index (κ2) is 8.87. The van der Waals surface area contributed by atoms with E-state index in [9.17, 15) is 14.4 Å². The van der Waals surface area contributed by atoms with Gasteiger partial charge in [-0.25, -0.2) is 5.43 Å². The minimum atomic E-state index is -0.708. The number of nitrogens with one attached hydrogen (secondary N) is 1. The maximum absolute atomic E-state index is 12.8. The zero-order valence-electron chi connectivity index (χ0n) is 16.0. The van der Waals surface area contributed by atoms with Gasteiger partial charge in [-0.3, -0.25) is 14.4 Å². The van der Waals surface area contributed by atoms with Crippen LogP contribution in [0.25, 0.3) is 10.8 Å². The Bertz CT molecular complexity index is 1110. The summed E-state index contributed by atoms with van der Waals surface area (Å²) >= 11 is 5.86. The number of halogens is 1. The molecule has 1 N–H and O–H groups in total. The molecule has 8 heteroatoms. The Morgan fingerprint density at radius 1 is 1.14 bits per heavy atom. The summed E-state index contributed by atoms with van der Waals surface area (Å²) in [7, 11) is 0. The number of hydrogen-bond donors (Lipinski definition) is 1. The summed E-state index contributed by atoms with van der Waals surface area (Å²) in [6.07, 6.45) is 0.0425. The Hall–Kier alpha value is -3.19. The topological polar surface area (TPSA) is 90.3 Å². The third-order valence-electron chi connectivity index (χ3n) is 4.39. The van der Waals surface area contributed by atoms with Crippen LogP contribution < -0.4 is 11.0 Å². The first kappa shape index (κ1) is 20.5. The van der Waals surface area contributed by atoms with Gasteiger partial charge >= 0.3 is 5.97 Å². The molecule has 0 bridgehead atoms. The number of hydrogen-bond acceptors (Lipinski definition) is 5. The Morgan fingerprint density at radius 2 is 1.79 bits per heavy atom. The van der Waals surface area contributed by atoms with Gasteiger partial charge in [-0.05, 0) is 37.6 Å². The van der Waals surface area contributed by atoms with Crippen LogP contribution in [0.5, 0.6) is 0 Å². The number of amides is 1. The van der Waals surface area contributed by atoms with Crippen molar-refractivity contribution in [2.75, 3.05) is 12.0 Å². The summed E-state index contributed by atoms with van der Waals surface area (Å²) in [4.78, 5) is 38.3. The van der Waals surface area contributed by atoms with Gasteiger partial charge in [-0.1, -0.05) is 41.9 Å². The third-order valence-corrected chi connectivity index (χ3v) is 4.64. The summed E-state index contributed by atoms with van der Waals surface area (Å²) in [6, 6.07) is 13.6. The Balaban J connectivity index is 1.96. The van der Waals surface area contributed by atoms with E-state index < -0.39 is 23.4 Å². The van der Waals surface area contributed by atoms with Gasteiger partial charge < -0.3 is 4.74 Å². The maximum Gasteiger partial charge on any atom is 0.314 e. The van der Waals surface area contributed by atoms with Crippen molar-refractivity contribution in [2.45, 2.75) is 26.2 Å². The summed E-state index contributed by atoms with van der Waals surface area (Å²) in [5.41, 5.74) is 3.11. The molecular formula is C21H20ClN3O4. The van der Waals surface area contributed by atoms with Crippen molar-refractivity contribution >= 4 is 34.2 Å². The highest BCUT2D eigenvalue weighted by molar-refractivity contribution is 6.30. The van der Waals surface area contributed by atoms with E-state index in [0.717, 1.165) is 10.4 Å². The van der Waals surface area contributed by atoms with Crippen molar-refractivity contribution in [3.63, 3.8) is 0 Å². The molecule has 0 aliphatic rings. The molecule has 1 unspecified atom stereocenters. The van der Waals surface area contributed by atoms with Crippen molar-refractivity contribution in [2.24, 2.45) is 0 Å². The number of nitrogens with zero attached hydrogens (tertiary/aromatic N) is 2. The lowest BCUT2D eigenvalue weighted by atomic mass is 10.0. The zero-order chi connectivity index (χ0) is 21.0. The van der Waals surface area contributed by atoms with Crippen LogP contribution in [0.2, 0.25) is 5.02 Å². The molecule has 0 aliphatic carbocycles. The van der Waals surface area contributed by atoms with Crippen molar-refractivity contribution in [1.82, 2.24) is 9.89 Å². The van der Waals surface area contributed by atoms with E-state index in [2.05, 4.69) is 10.5 Å². The van der Waals surface area contributed by atoms with Gasteiger partial charge in [0.2, 0.25) is 5.91 Å². The average Bonchev–Trinajstić information content (AvgIpc) is 2.71. The fraction of sp³-hybridized carbons (Fsp3) is 0.238. The number of fused-ring (bicyclic) bond motifs is 1. The van der Waals surface area contributed by atoms with E-state index in [-0.39, 0.29) is 13.0 Å². The molecule has 0 saturated heterocycles. The van der Waals surface area contributed by atoms with Gasteiger partial charge in [-0.2, -0.15) is 5.10 Å². The molecule has 1 heterocycles. The Labute approximate surface area is 172 Å². The molecule has 0 fully saturated rings. The molecule has 1 amide bonds. The Kier molecular flexibility index (Phi) is 6.29. The molecule has 29 heavy (non-hydrogen) atoms. The first-order valence-electron chi connectivity index (χ1n) is 9.13. The minimum absolute atomic E-state index is 0.0425. The maximum atomic E-state index is 12.8. The lowest BCUT2D eigenvalue weighted by Crippen LogP contribution is -2.37. The van der Waals surface area contributed by atoms with Crippen molar-refractivity contribution in [1.29, 1.82) is 0 Å². The van der Waals surface area contributed by atoms with Crippen molar-refractivity contribution in [3.8, 4) is 0 Å². The molecule has 1 aromatic heterocycles. The van der Waals surface area contributed by atoms with Crippen LogP contribution in [0, 0.1) is 0 Å². The van der Waals surface area contributed by atoms with Crippen LogP contribution in [0.15, 0.2) is 53.3 Å². The van der Waals surface area contributed by atoms with Crippen LogP contribution in [0.4, 0.5) is 0 Å². The van der Waals surface area contributed by atoms with E-state index in [1.165, 1.54) is 0 Å². The summed E-state index contributed by atoms with van der Waals surface area (Å²) in [5, 5.41) is 5.71. The summed E-state index contributed by atoms with van der Waals surface area (Å²) in [6.45, 7) is 3.60. The predicted octanol–water partition coefficient (Wildman–Crippen LogP) is 3.03. The lowest BCUT2D eigenvalue weighted by molar-refractivity contribution is -0.144. The van der Waals surface area contributed by atoms with Crippen LogP contribution in [0.3, 0.4) is 0 Å². The number of esters is 1. The zero-order valence-corrected chi connectivity index (χ0v) is 16.8. The van der Waals surface area contributed by atoms with Crippen molar-refractivity contribution < 1.29 is 14.3 Å². The molecule has 2 aromatic carbocycles. The van der Waals surface area contributed by atoms with Gasteiger partial charge in [0, 0.05) is 10.4 Å². The highest BCUT2D eigenvalue weighted by atomic mass is 35.5. The van der Waals surface area contributed by atoms with Gasteiger partial charge in [0.05, 0.1) is 30.0 Å². The standard InChI is InChI=1S/C21H20ClN3O4/c1-3-29-21(28)13(2)19-16-6-4-5-7-17(16)20(27)25(24-19)23-18(26)12-14-8-10-15(22)11-9-14/h4-11,13H,3,12H2,1-2H3,(H,23,26). The normalized spacial score (nSPS) is 11.8. The Morgan fingerprint density at radius 3 is 2.45 bits per heavy atom. The number of carbonyl (C=O) groups is 2. The molecule has 0 spiro atoms. The molecule has 0 radical (unpaired) electrons. The largest absolute Gasteiger partial charge is 0.465 e. The summed E-state index contributed by atoms with van der Waals surface area (Å²) in [5.74, 6) is -1.59. The average molecular weight is 414 g/mol. The van der Waals surface area contributed by atoms with Crippen LogP contribution in [-0.4, -0.2) is 28.4 Å². The molecule has 0 saturated carbocycles. The number of carbonyl (C=O) groups excluding carboxylic acids is 2. The smallest absolute Gasteiger partial charge is 0.314 e. The SMILES string of the molecule is CCOC(=O)C(C)c1nn(NC(=O)Cc2ccc(Cl)cc2)c(=O)c2ccccc12. The third kappa shape index (κ3) is 4.63. The van der Waals surface area contributed by atoms with Crippen LogP contribution in [-0.2, 0) is 20.7 Å². The second-order valence-corrected chi connectivity index (χ2v) is 6.90. The molecule has 0 aliphatic heterocycles. The number of rotatable bonds is 6. The number of benzene rings is 2. The van der Waals surface area contributed by atoms with Gasteiger partial charge in [-0.15, -0.1) is 4.79 Å². The van der Waals surface area contributed by atoms with E-state index in [0.29, 0.717) is 21.5 Å². The van der Waals surface area contributed by atoms with E-state index >= 15 is 0 Å². The summed E-state index contributed by atoms with van der Waals surface area (Å²) < 4.78 is 5.08. The molecule has 7 nitrogen and oxygen atoms in total. The monoisotopic (exact) mass is 413 g/mol. The number of aromatic nitrogens is 2. The molecule has 3 aromatic rings.